The Morgan fingerprint density at radius 1 is 1.06 bits per heavy atom. The molecule has 3 heteroatoms. The molecule has 0 amide bonds. The summed E-state index contributed by atoms with van der Waals surface area (Å²) in [5.74, 6) is 0. The Bertz CT molecular complexity index is 644. The van der Waals surface area contributed by atoms with Gasteiger partial charge >= 0.3 is 0 Å². The van der Waals surface area contributed by atoms with Crippen molar-refractivity contribution in [1.29, 1.82) is 0 Å². The SMILES string of the molecule is CBc1ccc2ncn(-c3ccccc3)c2c1. The smallest absolute Gasteiger partial charge is 0.154 e. The summed E-state index contributed by atoms with van der Waals surface area (Å²) in [7, 11) is 1.05. The van der Waals surface area contributed by atoms with Gasteiger partial charge in [0.15, 0.2) is 7.28 Å². The highest BCUT2D eigenvalue weighted by Crippen LogP contribution is 2.16. The van der Waals surface area contributed by atoms with E-state index in [4.69, 9.17) is 0 Å². The van der Waals surface area contributed by atoms with Gasteiger partial charge in [-0.3, -0.25) is 4.57 Å². The van der Waals surface area contributed by atoms with E-state index in [1.807, 2.05) is 24.5 Å². The maximum absolute atomic E-state index is 4.43. The van der Waals surface area contributed by atoms with Crippen LogP contribution in [0.1, 0.15) is 0 Å². The van der Waals surface area contributed by atoms with Gasteiger partial charge in [-0.15, -0.1) is 0 Å². The molecule has 0 saturated carbocycles. The van der Waals surface area contributed by atoms with Gasteiger partial charge in [-0.25, -0.2) is 4.98 Å². The second-order valence-electron chi connectivity index (χ2n) is 4.13. The van der Waals surface area contributed by atoms with Gasteiger partial charge in [0, 0.05) is 5.69 Å². The van der Waals surface area contributed by atoms with Gasteiger partial charge in [0.25, 0.3) is 0 Å². The first-order valence-corrected chi connectivity index (χ1v) is 5.90. The average molecular weight is 220 g/mol. The fourth-order valence-electron chi connectivity index (χ4n) is 2.07. The third kappa shape index (κ3) is 1.74. The highest BCUT2D eigenvalue weighted by atomic mass is 15.0. The molecule has 0 aliphatic rings. The fourth-order valence-corrected chi connectivity index (χ4v) is 2.07. The van der Waals surface area contributed by atoms with Gasteiger partial charge in [-0.1, -0.05) is 36.6 Å². The zero-order valence-corrected chi connectivity index (χ0v) is 9.80. The zero-order valence-electron chi connectivity index (χ0n) is 9.80. The van der Waals surface area contributed by atoms with E-state index in [9.17, 15) is 0 Å². The Hall–Kier alpha value is -2.03. The molecule has 3 rings (SSSR count). The number of hydrogen-bond donors (Lipinski definition) is 0. The lowest BCUT2D eigenvalue weighted by atomic mass is 9.73. The predicted molar refractivity (Wildman–Crippen MR) is 73.7 cm³/mol. The minimum atomic E-state index is 1.05. The van der Waals surface area contributed by atoms with Crippen molar-refractivity contribution in [1.82, 2.24) is 9.55 Å². The summed E-state index contributed by atoms with van der Waals surface area (Å²) in [6.45, 7) is 2.17. The van der Waals surface area contributed by atoms with Crippen molar-refractivity contribution in [3.63, 3.8) is 0 Å². The second kappa shape index (κ2) is 4.09. The maximum Gasteiger partial charge on any atom is 0.154 e. The Balaban J connectivity index is 2.23. The number of benzene rings is 2. The van der Waals surface area contributed by atoms with Gasteiger partial charge in [-0.05, 0) is 24.3 Å². The molecule has 2 nitrogen and oxygen atoms in total. The van der Waals surface area contributed by atoms with Crippen molar-refractivity contribution in [2.24, 2.45) is 0 Å². The molecule has 1 aromatic heterocycles. The van der Waals surface area contributed by atoms with E-state index < -0.39 is 0 Å². The lowest BCUT2D eigenvalue weighted by Gasteiger charge is -2.04. The van der Waals surface area contributed by atoms with Gasteiger partial charge in [-0.2, -0.15) is 0 Å². The van der Waals surface area contributed by atoms with E-state index in [0.717, 1.165) is 18.5 Å². The molecule has 17 heavy (non-hydrogen) atoms. The van der Waals surface area contributed by atoms with E-state index in [2.05, 4.69) is 46.7 Å². The summed E-state index contributed by atoms with van der Waals surface area (Å²) in [5, 5.41) is 0. The number of aromatic nitrogens is 2. The van der Waals surface area contributed by atoms with Crippen molar-refractivity contribution in [2.75, 3.05) is 0 Å². The highest BCUT2D eigenvalue weighted by molar-refractivity contribution is 6.52. The summed E-state index contributed by atoms with van der Waals surface area (Å²) in [5.41, 5.74) is 4.72. The van der Waals surface area contributed by atoms with E-state index in [1.54, 1.807) is 0 Å². The Kier molecular flexibility index (Phi) is 2.44. The Labute approximate surface area is 101 Å². The van der Waals surface area contributed by atoms with Crippen LogP contribution in [0.2, 0.25) is 6.82 Å². The molecule has 0 fully saturated rings. The van der Waals surface area contributed by atoms with Crippen molar-refractivity contribution in [3.05, 3.63) is 54.9 Å². The van der Waals surface area contributed by atoms with Crippen LogP contribution in [-0.2, 0) is 0 Å². The molecular weight excluding hydrogens is 207 g/mol. The van der Waals surface area contributed by atoms with E-state index in [1.165, 1.54) is 11.0 Å². The van der Waals surface area contributed by atoms with Gasteiger partial charge in [0.05, 0.1) is 11.0 Å². The molecule has 0 saturated heterocycles. The summed E-state index contributed by atoms with van der Waals surface area (Å²) in [6.07, 6.45) is 1.89. The lowest BCUT2D eigenvalue weighted by molar-refractivity contribution is 1.09. The third-order valence-corrected chi connectivity index (χ3v) is 3.05. The summed E-state index contributed by atoms with van der Waals surface area (Å²) < 4.78 is 2.13. The molecule has 0 aliphatic heterocycles. The monoisotopic (exact) mass is 220 g/mol. The number of hydrogen-bond acceptors (Lipinski definition) is 1. The molecule has 0 bridgehead atoms. The van der Waals surface area contributed by atoms with Crippen molar-refractivity contribution >= 4 is 23.8 Å². The molecule has 2 aromatic carbocycles. The fraction of sp³-hybridized carbons (Fsp3) is 0.0714. The largest absolute Gasteiger partial charge is 0.299 e. The zero-order chi connectivity index (χ0) is 11.7. The summed E-state index contributed by atoms with van der Waals surface area (Å²) >= 11 is 0. The van der Waals surface area contributed by atoms with Crippen LogP contribution in [0.4, 0.5) is 0 Å². The molecule has 0 atom stereocenters. The van der Waals surface area contributed by atoms with Crippen LogP contribution in [0.15, 0.2) is 54.9 Å². The topological polar surface area (TPSA) is 17.8 Å². The lowest BCUT2D eigenvalue weighted by Crippen LogP contribution is -2.09. The van der Waals surface area contributed by atoms with Crippen molar-refractivity contribution in [3.8, 4) is 5.69 Å². The minimum Gasteiger partial charge on any atom is -0.299 e. The predicted octanol–water partition coefficient (Wildman–Crippen LogP) is 2.14. The Morgan fingerprint density at radius 2 is 1.88 bits per heavy atom. The molecule has 82 valence electrons. The second-order valence-corrected chi connectivity index (χ2v) is 4.13. The molecule has 1 heterocycles. The number of nitrogens with zero attached hydrogens (tertiary/aromatic N) is 2. The summed E-state index contributed by atoms with van der Waals surface area (Å²) in [4.78, 5) is 4.43. The van der Waals surface area contributed by atoms with Crippen LogP contribution >= 0.6 is 0 Å². The van der Waals surface area contributed by atoms with Crippen LogP contribution in [0.3, 0.4) is 0 Å². The molecule has 0 radical (unpaired) electrons. The van der Waals surface area contributed by atoms with Crippen LogP contribution in [0.5, 0.6) is 0 Å². The summed E-state index contributed by atoms with van der Waals surface area (Å²) in [6, 6.07) is 16.8. The van der Waals surface area contributed by atoms with E-state index in [-0.39, 0.29) is 0 Å². The number of para-hydroxylation sites is 1. The normalized spacial score (nSPS) is 10.6. The number of imidazole rings is 1. The van der Waals surface area contributed by atoms with Gasteiger partial charge in [0.2, 0.25) is 0 Å². The first kappa shape index (κ1) is 10.1. The van der Waals surface area contributed by atoms with Crippen LogP contribution < -0.4 is 5.46 Å². The van der Waals surface area contributed by atoms with Crippen LogP contribution in [0.25, 0.3) is 16.7 Å². The molecule has 0 aliphatic carbocycles. The molecule has 0 N–H and O–H groups in total. The molecular formula is C14H13BN2. The maximum atomic E-state index is 4.43. The van der Waals surface area contributed by atoms with Crippen molar-refractivity contribution < 1.29 is 0 Å². The van der Waals surface area contributed by atoms with Crippen molar-refractivity contribution in [2.45, 2.75) is 6.82 Å². The van der Waals surface area contributed by atoms with E-state index in [0.29, 0.717) is 0 Å². The standard InChI is InChI=1S/C14H13BN2/c1-15-11-7-8-13-14(9-11)17(10-16-13)12-5-3-2-4-6-12/h2-10,15H,1H3. The first-order chi connectivity index (χ1) is 8.38. The van der Waals surface area contributed by atoms with Crippen LogP contribution in [0, 0.1) is 0 Å². The minimum absolute atomic E-state index is 1.05. The van der Waals surface area contributed by atoms with Gasteiger partial charge < -0.3 is 0 Å². The number of rotatable bonds is 2. The Morgan fingerprint density at radius 3 is 2.65 bits per heavy atom. The first-order valence-electron chi connectivity index (χ1n) is 5.90. The highest BCUT2D eigenvalue weighted by Gasteiger charge is 2.04. The van der Waals surface area contributed by atoms with Crippen LogP contribution in [-0.4, -0.2) is 16.8 Å². The average Bonchev–Trinajstić information content (AvgIpc) is 2.82. The number of fused-ring (bicyclic) bond motifs is 1. The molecule has 0 spiro atoms. The van der Waals surface area contributed by atoms with Gasteiger partial charge in [0.1, 0.15) is 6.33 Å². The molecule has 0 unspecified atom stereocenters. The quantitative estimate of drug-likeness (QED) is 0.605. The molecule has 3 aromatic rings. The van der Waals surface area contributed by atoms with E-state index >= 15 is 0 Å². The third-order valence-electron chi connectivity index (χ3n) is 3.05.